The summed E-state index contributed by atoms with van der Waals surface area (Å²) in [6, 6.07) is 0. The maximum atomic E-state index is 11.2. The molecule has 0 saturated carbocycles. The number of carbonyl (C=O) groups is 1. The van der Waals surface area contributed by atoms with Crippen LogP contribution in [-0.4, -0.2) is 33.0 Å². The Hall–Kier alpha value is -0.940. The SMILES string of the molecule is Cc1nc2c(s1)CN(C(C)(C)C(=O)O)CC2. The first-order chi connectivity index (χ1) is 7.41. The van der Waals surface area contributed by atoms with Crippen LogP contribution in [0.1, 0.15) is 29.4 Å². The molecule has 0 saturated heterocycles. The monoisotopic (exact) mass is 240 g/mol. The highest BCUT2D eigenvalue weighted by Crippen LogP contribution is 2.29. The molecule has 0 amide bonds. The van der Waals surface area contributed by atoms with Gasteiger partial charge in [-0.1, -0.05) is 0 Å². The summed E-state index contributed by atoms with van der Waals surface area (Å²) in [5, 5.41) is 10.3. The molecule has 16 heavy (non-hydrogen) atoms. The Kier molecular flexibility index (Phi) is 2.75. The van der Waals surface area contributed by atoms with E-state index < -0.39 is 11.5 Å². The molecule has 2 rings (SSSR count). The van der Waals surface area contributed by atoms with Gasteiger partial charge in [0.15, 0.2) is 0 Å². The Morgan fingerprint density at radius 3 is 2.88 bits per heavy atom. The molecule has 0 aromatic carbocycles. The summed E-state index contributed by atoms with van der Waals surface area (Å²) >= 11 is 1.68. The number of fused-ring (bicyclic) bond motifs is 1. The molecule has 0 fully saturated rings. The third-order valence-corrected chi connectivity index (χ3v) is 4.15. The average Bonchev–Trinajstić information content (AvgIpc) is 2.56. The van der Waals surface area contributed by atoms with E-state index >= 15 is 0 Å². The number of aliphatic carboxylic acids is 1. The number of carboxylic acid groups (broad SMARTS) is 1. The number of nitrogens with zero attached hydrogens (tertiary/aromatic N) is 2. The quantitative estimate of drug-likeness (QED) is 0.854. The predicted octanol–water partition coefficient (Wildman–Crippen LogP) is 1.67. The molecule has 2 heterocycles. The molecule has 1 aromatic rings. The minimum atomic E-state index is -0.796. The van der Waals surface area contributed by atoms with Crippen LogP contribution in [0.5, 0.6) is 0 Å². The van der Waals surface area contributed by atoms with Gasteiger partial charge < -0.3 is 5.11 Å². The minimum absolute atomic E-state index is 0.708. The molecule has 88 valence electrons. The topological polar surface area (TPSA) is 53.4 Å². The van der Waals surface area contributed by atoms with Crippen LogP contribution in [0.4, 0.5) is 0 Å². The highest BCUT2D eigenvalue weighted by atomic mass is 32.1. The zero-order chi connectivity index (χ0) is 11.9. The molecule has 0 atom stereocenters. The van der Waals surface area contributed by atoms with Gasteiger partial charge >= 0.3 is 5.97 Å². The lowest BCUT2D eigenvalue weighted by atomic mass is 10.00. The van der Waals surface area contributed by atoms with Crippen LogP contribution in [0.15, 0.2) is 0 Å². The van der Waals surface area contributed by atoms with Crippen molar-refractivity contribution in [2.45, 2.75) is 39.3 Å². The molecule has 4 nitrogen and oxygen atoms in total. The largest absolute Gasteiger partial charge is 0.480 e. The van der Waals surface area contributed by atoms with Crippen LogP contribution in [-0.2, 0) is 17.8 Å². The molecule has 5 heteroatoms. The molecular formula is C11H16N2O2S. The lowest BCUT2D eigenvalue weighted by molar-refractivity contribution is -0.150. The highest BCUT2D eigenvalue weighted by molar-refractivity contribution is 7.11. The Morgan fingerprint density at radius 1 is 1.56 bits per heavy atom. The van der Waals surface area contributed by atoms with Gasteiger partial charge in [0, 0.05) is 24.4 Å². The fourth-order valence-electron chi connectivity index (χ4n) is 1.94. The standard InChI is InChI=1S/C11H16N2O2S/c1-7-12-8-4-5-13(6-9(8)16-7)11(2,3)10(14)15/h4-6H2,1-3H3,(H,14,15). The van der Waals surface area contributed by atoms with Crippen LogP contribution in [0, 0.1) is 6.92 Å². The number of hydrogen-bond acceptors (Lipinski definition) is 4. The minimum Gasteiger partial charge on any atom is -0.480 e. The lowest BCUT2D eigenvalue weighted by Gasteiger charge is -2.37. The van der Waals surface area contributed by atoms with Crippen LogP contribution >= 0.6 is 11.3 Å². The van der Waals surface area contributed by atoms with E-state index in [1.807, 2.05) is 11.8 Å². The van der Waals surface area contributed by atoms with Gasteiger partial charge in [0.2, 0.25) is 0 Å². The number of aryl methyl sites for hydroxylation is 1. The fourth-order valence-corrected chi connectivity index (χ4v) is 2.94. The van der Waals surface area contributed by atoms with Crippen LogP contribution in [0.2, 0.25) is 0 Å². The van der Waals surface area contributed by atoms with Crippen molar-refractivity contribution in [1.82, 2.24) is 9.88 Å². The van der Waals surface area contributed by atoms with Gasteiger partial charge in [-0.05, 0) is 20.8 Å². The third-order valence-electron chi connectivity index (χ3n) is 3.15. The smallest absolute Gasteiger partial charge is 0.323 e. The summed E-state index contributed by atoms with van der Waals surface area (Å²) in [6.07, 6.45) is 0.858. The molecule has 1 aromatic heterocycles. The average molecular weight is 240 g/mol. The number of aromatic nitrogens is 1. The molecule has 0 aliphatic carbocycles. The van der Waals surface area contributed by atoms with Gasteiger partial charge in [0.1, 0.15) is 5.54 Å². The number of carboxylic acids is 1. The van der Waals surface area contributed by atoms with E-state index in [2.05, 4.69) is 4.98 Å². The predicted molar refractivity (Wildman–Crippen MR) is 62.7 cm³/mol. The first-order valence-corrected chi connectivity index (χ1v) is 6.16. The Bertz CT molecular complexity index is 426. The van der Waals surface area contributed by atoms with Gasteiger partial charge in [0.25, 0.3) is 0 Å². The fraction of sp³-hybridized carbons (Fsp3) is 0.636. The first-order valence-electron chi connectivity index (χ1n) is 5.35. The number of hydrogen-bond donors (Lipinski definition) is 1. The summed E-state index contributed by atoms with van der Waals surface area (Å²) in [7, 11) is 0. The zero-order valence-electron chi connectivity index (χ0n) is 9.78. The summed E-state index contributed by atoms with van der Waals surface area (Å²) in [5.41, 5.74) is 0.357. The van der Waals surface area contributed by atoms with E-state index in [1.165, 1.54) is 4.88 Å². The van der Waals surface area contributed by atoms with E-state index in [-0.39, 0.29) is 0 Å². The van der Waals surface area contributed by atoms with Crippen molar-refractivity contribution in [3.63, 3.8) is 0 Å². The highest BCUT2D eigenvalue weighted by Gasteiger charge is 2.37. The molecule has 1 aliphatic rings. The molecular weight excluding hydrogens is 224 g/mol. The third kappa shape index (κ3) is 1.85. The van der Waals surface area contributed by atoms with Crippen LogP contribution in [0.25, 0.3) is 0 Å². The van der Waals surface area contributed by atoms with Crippen molar-refractivity contribution in [3.8, 4) is 0 Å². The maximum Gasteiger partial charge on any atom is 0.323 e. The van der Waals surface area contributed by atoms with Gasteiger partial charge in [0.05, 0.1) is 10.7 Å². The van der Waals surface area contributed by atoms with E-state index in [9.17, 15) is 9.90 Å². The molecule has 0 spiro atoms. The Labute approximate surface area is 98.9 Å². The van der Waals surface area contributed by atoms with Gasteiger partial charge in [-0.15, -0.1) is 11.3 Å². The second kappa shape index (κ2) is 3.82. The Morgan fingerprint density at radius 2 is 2.25 bits per heavy atom. The summed E-state index contributed by atoms with van der Waals surface area (Å²) in [6.45, 7) is 6.99. The van der Waals surface area contributed by atoms with E-state index in [0.29, 0.717) is 6.54 Å². The van der Waals surface area contributed by atoms with Gasteiger partial charge in [-0.3, -0.25) is 9.69 Å². The van der Waals surface area contributed by atoms with Crippen molar-refractivity contribution in [2.24, 2.45) is 0 Å². The second-order valence-electron chi connectivity index (χ2n) is 4.64. The van der Waals surface area contributed by atoms with Crippen molar-refractivity contribution in [2.75, 3.05) is 6.54 Å². The molecule has 1 N–H and O–H groups in total. The van der Waals surface area contributed by atoms with Crippen molar-refractivity contribution in [1.29, 1.82) is 0 Å². The van der Waals surface area contributed by atoms with Crippen LogP contribution < -0.4 is 0 Å². The molecule has 0 unspecified atom stereocenters. The summed E-state index contributed by atoms with van der Waals surface area (Å²) in [5.74, 6) is -0.766. The Balaban J connectivity index is 2.22. The normalized spacial score (nSPS) is 17.2. The van der Waals surface area contributed by atoms with Crippen molar-refractivity contribution < 1.29 is 9.90 Å². The number of rotatable bonds is 2. The van der Waals surface area contributed by atoms with Gasteiger partial charge in [-0.25, -0.2) is 4.98 Å². The van der Waals surface area contributed by atoms with Gasteiger partial charge in [-0.2, -0.15) is 0 Å². The van der Waals surface area contributed by atoms with E-state index in [4.69, 9.17) is 0 Å². The molecule has 0 bridgehead atoms. The lowest BCUT2D eigenvalue weighted by Crippen LogP contribution is -2.51. The van der Waals surface area contributed by atoms with Crippen LogP contribution in [0.3, 0.4) is 0 Å². The first kappa shape index (κ1) is 11.5. The van der Waals surface area contributed by atoms with Crippen molar-refractivity contribution in [3.05, 3.63) is 15.6 Å². The maximum absolute atomic E-state index is 11.2. The summed E-state index contributed by atoms with van der Waals surface area (Å²) < 4.78 is 0. The van der Waals surface area contributed by atoms with Crippen molar-refractivity contribution >= 4 is 17.3 Å². The number of thiazole rings is 1. The van der Waals surface area contributed by atoms with E-state index in [1.54, 1.807) is 25.2 Å². The molecule has 0 radical (unpaired) electrons. The second-order valence-corrected chi connectivity index (χ2v) is 5.93. The molecule has 1 aliphatic heterocycles. The summed E-state index contributed by atoms with van der Waals surface area (Å²) in [4.78, 5) is 18.9. The van der Waals surface area contributed by atoms with E-state index in [0.717, 1.165) is 23.7 Å². The zero-order valence-corrected chi connectivity index (χ0v) is 10.6.